The average molecular weight is 324 g/mol. The van der Waals surface area contributed by atoms with Crippen molar-refractivity contribution in [2.24, 2.45) is 0 Å². The SMILES string of the molecule is O=C(CSc1nnc(C2CC2)o1)NC(=O)NC1CCCCC1. The predicted octanol–water partition coefficient (Wildman–Crippen LogP) is 2.20. The summed E-state index contributed by atoms with van der Waals surface area (Å²) in [6, 6.07) is -0.229. The number of hydrogen-bond donors (Lipinski definition) is 2. The van der Waals surface area contributed by atoms with Crippen LogP contribution in [0.25, 0.3) is 0 Å². The third kappa shape index (κ3) is 4.46. The van der Waals surface area contributed by atoms with Crippen LogP contribution in [0.15, 0.2) is 9.64 Å². The molecule has 7 nitrogen and oxygen atoms in total. The summed E-state index contributed by atoms with van der Waals surface area (Å²) in [5.74, 6) is 0.782. The molecule has 3 amide bonds. The van der Waals surface area contributed by atoms with Gasteiger partial charge in [0, 0.05) is 12.0 Å². The van der Waals surface area contributed by atoms with E-state index in [2.05, 4.69) is 20.8 Å². The maximum Gasteiger partial charge on any atom is 0.321 e. The van der Waals surface area contributed by atoms with Crippen LogP contribution < -0.4 is 10.6 Å². The van der Waals surface area contributed by atoms with Crippen molar-refractivity contribution in [3.05, 3.63) is 5.89 Å². The van der Waals surface area contributed by atoms with E-state index in [4.69, 9.17) is 4.42 Å². The van der Waals surface area contributed by atoms with E-state index < -0.39 is 6.03 Å². The summed E-state index contributed by atoms with van der Waals surface area (Å²) < 4.78 is 5.44. The highest BCUT2D eigenvalue weighted by molar-refractivity contribution is 7.99. The second-order valence-electron chi connectivity index (χ2n) is 5.83. The lowest BCUT2D eigenvalue weighted by Gasteiger charge is -2.22. The fourth-order valence-electron chi connectivity index (χ4n) is 2.53. The van der Waals surface area contributed by atoms with Crippen LogP contribution >= 0.6 is 11.8 Å². The Balaban J connectivity index is 1.36. The van der Waals surface area contributed by atoms with Crippen LogP contribution in [0.2, 0.25) is 0 Å². The summed E-state index contributed by atoms with van der Waals surface area (Å²) >= 11 is 1.15. The van der Waals surface area contributed by atoms with Crippen LogP contribution in [0.3, 0.4) is 0 Å². The highest BCUT2D eigenvalue weighted by Gasteiger charge is 2.29. The van der Waals surface area contributed by atoms with Gasteiger partial charge in [-0.2, -0.15) is 0 Å². The molecular formula is C14H20N4O3S. The number of urea groups is 1. The van der Waals surface area contributed by atoms with Gasteiger partial charge in [-0.1, -0.05) is 31.0 Å². The van der Waals surface area contributed by atoms with Crippen molar-refractivity contribution in [3.8, 4) is 0 Å². The number of nitrogens with one attached hydrogen (secondary N) is 2. The first kappa shape index (κ1) is 15.3. The maximum absolute atomic E-state index is 11.7. The molecule has 120 valence electrons. The van der Waals surface area contributed by atoms with Gasteiger partial charge in [-0.3, -0.25) is 10.1 Å². The number of imide groups is 1. The molecule has 0 radical (unpaired) electrons. The van der Waals surface area contributed by atoms with Gasteiger partial charge >= 0.3 is 6.03 Å². The number of amides is 3. The van der Waals surface area contributed by atoms with Crippen molar-refractivity contribution in [2.45, 2.75) is 62.1 Å². The molecule has 0 aromatic carbocycles. The molecule has 3 rings (SSSR count). The molecule has 8 heteroatoms. The minimum absolute atomic E-state index is 0.0877. The van der Waals surface area contributed by atoms with E-state index >= 15 is 0 Å². The van der Waals surface area contributed by atoms with E-state index in [9.17, 15) is 9.59 Å². The lowest BCUT2D eigenvalue weighted by atomic mass is 9.96. The summed E-state index contributed by atoms with van der Waals surface area (Å²) in [6.45, 7) is 0. The largest absolute Gasteiger partial charge is 0.416 e. The zero-order valence-corrected chi connectivity index (χ0v) is 13.2. The second kappa shape index (κ2) is 7.13. The van der Waals surface area contributed by atoms with E-state index in [1.54, 1.807) is 0 Å². The smallest absolute Gasteiger partial charge is 0.321 e. The molecule has 2 saturated carbocycles. The van der Waals surface area contributed by atoms with E-state index in [-0.39, 0.29) is 17.7 Å². The van der Waals surface area contributed by atoms with Gasteiger partial charge in [0.1, 0.15) is 0 Å². The zero-order valence-electron chi connectivity index (χ0n) is 12.3. The molecule has 2 aliphatic rings. The van der Waals surface area contributed by atoms with E-state index in [1.807, 2.05) is 0 Å². The number of aromatic nitrogens is 2. The monoisotopic (exact) mass is 324 g/mol. The molecule has 0 spiro atoms. The molecule has 2 aliphatic carbocycles. The minimum Gasteiger partial charge on any atom is -0.416 e. The van der Waals surface area contributed by atoms with Crippen molar-refractivity contribution >= 4 is 23.7 Å². The molecule has 0 unspecified atom stereocenters. The Bertz CT molecular complexity index is 538. The Kier molecular flexibility index (Phi) is 4.97. The number of thioether (sulfide) groups is 1. The maximum atomic E-state index is 11.7. The Morgan fingerprint density at radius 1 is 1.14 bits per heavy atom. The number of carbonyl (C=O) groups excluding carboxylic acids is 2. The number of hydrogen-bond acceptors (Lipinski definition) is 6. The normalized spacial score (nSPS) is 18.9. The van der Waals surface area contributed by atoms with Crippen LogP contribution in [-0.4, -0.2) is 33.9 Å². The lowest BCUT2D eigenvalue weighted by molar-refractivity contribution is -0.117. The Hall–Kier alpha value is -1.57. The van der Waals surface area contributed by atoms with Crippen LogP contribution in [0, 0.1) is 0 Å². The number of nitrogens with zero attached hydrogens (tertiary/aromatic N) is 2. The highest BCUT2D eigenvalue weighted by Crippen LogP contribution is 2.39. The van der Waals surface area contributed by atoms with Crippen LogP contribution in [0.5, 0.6) is 0 Å². The topological polar surface area (TPSA) is 97.1 Å². The Morgan fingerprint density at radius 2 is 1.91 bits per heavy atom. The Morgan fingerprint density at radius 3 is 2.64 bits per heavy atom. The first-order valence-electron chi connectivity index (χ1n) is 7.77. The van der Waals surface area contributed by atoms with Crippen molar-refractivity contribution in [3.63, 3.8) is 0 Å². The van der Waals surface area contributed by atoms with Gasteiger partial charge in [-0.15, -0.1) is 10.2 Å². The molecule has 22 heavy (non-hydrogen) atoms. The fourth-order valence-corrected chi connectivity index (χ4v) is 3.10. The van der Waals surface area contributed by atoms with Crippen molar-refractivity contribution in [1.29, 1.82) is 0 Å². The number of carbonyl (C=O) groups is 2. The van der Waals surface area contributed by atoms with Crippen LogP contribution in [-0.2, 0) is 4.79 Å². The molecule has 2 fully saturated rings. The molecule has 0 aliphatic heterocycles. The number of rotatable bonds is 5. The molecule has 0 atom stereocenters. The third-order valence-corrected chi connectivity index (χ3v) is 4.69. The molecule has 2 N–H and O–H groups in total. The summed E-state index contributed by atoms with van der Waals surface area (Å²) in [6.07, 6.45) is 7.65. The Labute approximate surface area is 133 Å². The van der Waals surface area contributed by atoms with Gasteiger partial charge in [0.15, 0.2) is 0 Å². The summed E-state index contributed by atoms with van der Waals surface area (Å²) in [5.41, 5.74) is 0. The molecule has 1 aromatic heterocycles. The standard InChI is InChI=1S/C14H20N4O3S/c19-11(16-13(20)15-10-4-2-1-3-5-10)8-22-14-18-17-12(21-14)9-6-7-9/h9-10H,1-8H2,(H2,15,16,19,20). The second-order valence-corrected chi connectivity index (χ2v) is 6.75. The van der Waals surface area contributed by atoms with Crippen LogP contribution in [0.4, 0.5) is 4.79 Å². The summed E-state index contributed by atoms with van der Waals surface area (Å²) in [4.78, 5) is 23.5. The third-order valence-electron chi connectivity index (χ3n) is 3.87. The zero-order chi connectivity index (χ0) is 15.4. The lowest BCUT2D eigenvalue weighted by Crippen LogP contribution is -2.45. The van der Waals surface area contributed by atoms with Gasteiger partial charge in [-0.05, 0) is 25.7 Å². The summed E-state index contributed by atoms with van der Waals surface area (Å²) in [5, 5.41) is 13.4. The molecule has 0 bridgehead atoms. The van der Waals surface area contributed by atoms with Gasteiger partial charge < -0.3 is 9.73 Å². The van der Waals surface area contributed by atoms with Gasteiger partial charge in [0.25, 0.3) is 5.22 Å². The predicted molar refractivity (Wildman–Crippen MR) is 80.5 cm³/mol. The quantitative estimate of drug-likeness (QED) is 0.806. The highest BCUT2D eigenvalue weighted by atomic mass is 32.2. The fraction of sp³-hybridized carbons (Fsp3) is 0.714. The minimum atomic E-state index is -0.415. The summed E-state index contributed by atoms with van der Waals surface area (Å²) in [7, 11) is 0. The van der Waals surface area contributed by atoms with Crippen molar-refractivity contribution in [2.75, 3.05) is 5.75 Å². The van der Waals surface area contributed by atoms with Crippen molar-refractivity contribution in [1.82, 2.24) is 20.8 Å². The van der Waals surface area contributed by atoms with Crippen LogP contribution in [0.1, 0.15) is 56.8 Å². The van der Waals surface area contributed by atoms with E-state index in [1.165, 1.54) is 6.42 Å². The van der Waals surface area contributed by atoms with E-state index in [0.717, 1.165) is 50.3 Å². The average Bonchev–Trinajstić information content (AvgIpc) is 3.25. The van der Waals surface area contributed by atoms with Crippen molar-refractivity contribution < 1.29 is 14.0 Å². The van der Waals surface area contributed by atoms with Gasteiger partial charge in [-0.25, -0.2) is 4.79 Å². The first-order chi connectivity index (χ1) is 10.7. The van der Waals surface area contributed by atoms with E-state index in [0.29, 0.717) is 17.0 Å². The first-order valence-corrected chi connectivity index (χ1v) is 8.76. The van der Waals surface area contributed by atoms with Gasteiger partial charge in [0.05, 0.1) is 5.75 Å². The van der Waals surface area contributed by atoms with Gasteiger partial charge in [0.2, 0.25) is 11.8 Å². The molecule has 0 saturated heterocycles. The molecule has 1 heterocycles. The molecule has 1 aromatic rings. The molecular weight excluding hydrogens is 304 g/mol.